The second kappa shape index (κ2) is 5.68. The van der Waals surface area contributed by atoms with Gasteiger partial charge in [-0.3, -0.25) is 0 Å². The van der Waals surface area contributed by atoms with Gasteiger partial charge in [0, 0.05) is 10.5 Å². The van der Waals surface area contributed by atoms with Crippen molar-refractivity contribution in [2.75, 3.05) is 5.32 Å². The summed E-state index contributed by atoms with van der Waals surface area (Å²) in [7, 11) is 0. The Morgan fingerprint density at radius 1 is 0.947 bits per heavy atom. The fourth-order valence-corrected chi connectivity index (χ4v) is 2.24. The Hall–Kier alpha value is -1.45. The average Bonchev–Trinajstić information content (AvgIpc) is 2.38. The van der Waals surface area contributed by atoms with E-state index >= 15 is 0 Å². The number of anilines is 2. The minimum Gasteiger partial charge on any atom is -0.352 e. The average molecular weight is 388 g/mol. The normalized spacial score (nSPS) is 10.1. The maximum Gasteiger partial charge on any atom is 0.147 e. The molecule has 0 aromatic heterocycles. The molecule has 0 atom stereocenters. The van der Waals surface area contributed by atoms with E-state index in [0.29, 0.717) is 15.7 Å². The zero-order chi connectivity index (χ0) is 14.0. The first-order valence-electron chi connectivity index (χ1n) is 5.12. The van der Waals surface area contributed by atoms with Crippen molar-refractivity contribution < 1.29 is 8.78 Å². The first-order valence-corrected chi connectivity index (χ1v) is 6.71. The third kappa shape index (κ3) is 3.11. The maximum atomic E-state index is 13.7. The summed E-state index contributed by atoms with van der Waals surface area (Å²) >= 11 is 6.17. The summed E-state index contributed by atoms with van der Waals surface area (Å²) in [6, 6.07) is 8.89. The Kier molecular flexibility index (Phi) is 4.17. The molecular formula is C13H6Br2F2N2. The van der Waals surface area contributed by atoms with Crippen LogP contribution in [0.15, 0.2) is 39.3 Å². The molecule has 2 aromatic carbocycles. The quantitative estimate of drug-likeness (QED) is 0.727. The van der Waals surface area contributed by atoms with E-state index in [2.05, 4.69) is 37.2 Å². The van der Waals surface area contributed by atoms with Gasteiger partial charge in [-0.2, -0.15) is 5.26 Å². The van der Waals surface area contributed by atoms with E-state index in [1.54, 1.807) is 18.2 Å². The summed E-state index contributed by atoms with van der Waals surface area (Å²) < 4.78 is 27.7. The third-order valence-electron chi connectivity index (χ3n) is 2.38. The molecule has 2 rings (SSSR count). The van der Waals surface area contributed by atoms with Gasteiger partial charge >= 0.3 is 0 Å². The predicted octanol–water partition coefficient (Wildman–Crippen LogP) is 5.11. The number of nitrogens with zero attached hydrogens (tertiary/aromatic N) is 1. The molecule has 0 fully saturated rings. The molecule has 6 heteroatoms. The van der Waals surface area contributed by atoms with Crippen LogP contribution in [-0.2, 0) is 0 Å². The Bertz CT molecular complexity index is 681. The molecule has 0 saturated heterocycles. The van der Waals surface area contributed by atoms with Gasteiger partial charge in [-0.25, -0.2) is 8.78 Å². The van der Waals surface area contributed by atoms with Crippen LogP contribution in [0.25, 0.3) is 0 Å². The van der Waals surface area contributed by atoms with Crippen LogP contribution in [0, 0.1) is 23.0 Å². The monoisotopic (exact) mass is 386 g/mol. The number of hydrogen-bond donors (Lipinski definition) is 1. The molecular weight excluding hydrogens is 382 g/mol. The van der Waals surface area contributed by atoms with Gasteiger partial charge in [-0.15, -0.1) is 0 Å². The minimum absolute atomic E-state index is 0.0195. The van der Waals surface area contributed by atoms with Crippen molar-refractivity contribution in [1.29, 1.82) is 5.26 Å². The summed E-state index contributed by atoms with van der Waals surface area (Å²) in [6.07, 6.45) is 0. The molecule has 0 heterocycles. The molecule has 0 bridgehead atoms. The van der Waals surface area contributed by atoms with Gasteiger partial charge in [0.15, 0.2) is 0 Å². The maximum absolute atomic E-state index is 13.7. The highest BCUT2D eigenvalue weighted by molar-refractivity contribution is 9.10. The lowest BCUT2D eigenvalue weighted by molar-refractivity contribution is 0.598. The van der Waals surface area contributed by atoms with Crippen LogP contribution in [0.2, 0.25) is 0 Å². The van der Waals surface area contributed by atoms with Crippen molar-refractivity contribution in [3.05, 3.63) is 56.5 Å². The molecule has 0 aliphatic rings. The molecule has 0 aliphatic carbocycles. The summed E-state index contributed by atoms with van der Waals surface area (Å²) in [4.78, 5) is 0. The first kappa shape index (κ1) is 14.0. The molecule has 96 valence electrons. The Labute approximate surface area is 125 Å². The standard InChI is InChI=1S/C13H6Br2F2N2/c14-8-4-11(17)13(5-10(8)16)19-12-2-1-7(6-18)3-9(12)15/h1-5,19H. The number of halogens is 4. The number of nitriles is 1. The molecule has 2 aromatic rings. The van der Waals surface area contributed by atoms with Crippen LogP contribution in [0.4, 0.5) is 20.2 Å². The van der Waals surface area contributed by atoms with E-state index in [1.807, 2.05) is 6.07 Å². The van der Waals surface area contributed by atoms with E-state index in [0.717, 1.165) is 12.1 Å². The van der Waals surface area contributed by atoms with E-state index < -0.39 is 11.6 Å². The number of nitrogens with one attached hydrogen (secondary N) is 1. The molecule has 2 nitrogen and oxygen atoms in total. The fourth-order valence-electron chi connectivity index (χ4n) is 1.45. The van der Waals surface area contributed by atoms with E-state index in [4.69, 9.17) is 5.26 Å². The van der Waals surface area contributed by atoms with E-state index in [-0.39, 0.29) is 10.2 Å². The van der Waals surface area contributed by atoms with Crippen molar-refractivity contribution >= 4 is 43.2 Å². The van der Waals surface area contributed by atoms with Gasteiger partial charge in [0.25, 0.3) is 0 Å². The van der Waals surface area contributed by atoms with Crippen LogP contribution < -0.4 is 5.32 Å². The second-order valence-corrected chi connectivity index (χ2v) is 5.39. The minimum atomic E-state index is -0.579. The summed E-state index contributed by atoms with van der Waals surface area (Å²) in [5, 5.41) is 11.5. The third-order valence-corrected chi connectivity index (χ3v) is 3.64. The van der Waals surface area contributed by atoms with Gasteiger partial charge < -0.3 is 5.32 Å². The van der Waals surface area contributed by atoms with Gasteiger partial charge in [0.1, 0.15) is 11.6 Å². The summed E-state index contributed by atoms with van der Waals surface area (Å²) in [6.45, 7) is 0. The van der Waals surface area contributed by atoms with Crippen molar-refractivity contribution in [2.45, 2.75) is 0 Å². The van der Waals surface area contributed by atoms with Crippen LogP contribution in [-0.4, -0.2) is 0 Å². The van der Waals surface area contributed by atoms with Crippen LogP contribution in [0.3, 0.4) is 0 Å². The molecule has 0 saturated carbocycles. The highest BCUT2D eigenvalue weighted by Gasteiger charge is 2.10. The lowest BCUT2D eigenvalue weighted by Gasteiger charge is -2.10. The SMILES string of the molecule is N#Cc1ccc(Nc2cc(F)c(Br)cc2F)c(Br)c1. The molecule has 0 spiro atoms. The fraction of sp³-hybridized carbons (Fsp3) is 0. The Morgan fingerprint density at radius 3 is 2.32 bits per heavy atom. The predicted molar refractivity (Wildman–Crippen MR) is 76.2 cm³/mol. The van der Waals surface area contributed by atoms with Gasteiger partial charge in [0.2, 0.25) is 0 Å². The second-order valence-electron chi connectivity index (χ2n) is 3.68. The Balaban J connectivity index is 2.37. The van der Waals surface area contributed by atoms with E-state index in [9.17, 15) is 8.78 Å². The smallest absolute Gasteiger partial charge is 0.147 e. The molecule has 19 heavy (non-hydrogen) atoms. The zero-order valence-electron chi connectivity index (χ0n) is 9.35. The zero-order valence-corrected chi connectivity index (χ0v) is 12.5. The summed E-state index contributed by atoms with van der Waals surface area (Å²) in [5.74, 6) is -1.14. The molecule has 0 amide bonds. The topological polar surface area (TPSA) is 35.8 Å². The molecule has 0 radical (unpaired) electrons. The Morgan fingerprint density at radius 2 is 1.68 bits per heavy atom. The largest absolute Gasteiger partial charge is 0.352 e. The highest BCUT2D eigenvalue weighted by atomic mass is 79.9. The first-order chi connectivity index (χ1) is 9.01. The van der Waals surface area contributed by atoms with Crippen molar-refractivity contribution in [3.63, 3.8) is 0 Å². The highest BCUT2D eigenvalue weighted by Crippen LogP contribution is 2.30. The van der Waals surface area contributed by atoms with E-state index in [1.165, 1.54) is 0 Å². The van der Waals surface area contributed by atoms with Gasteiger partial charge in [-0.1, -0.05) is 0 Å². The lowest BCUT2D eigenvalue weighted by Crippen LogP contribution is -1.96. The van der Waals surface area contributed by atoms with Gasteiger partial charge in [0.05, 0.1) is 27.5 Å². The van der Waals surface area contributed by atoms with Crippen LogP contribution >= 0.6 is 31.9 Å². The molecule has 0 unspecified atom stereocenters. The lowest BCUT2D eigenvalue weighted by atomic mass is 10.2. The summed E-state index contributed by atoms with van der Waals surface area (Å²) in [5.41, 5.74) is 1.03. The van der Waals surface area contributed by atoms with Crippen LogP contribution in [0.1, 0.15) is 5.56 Å². The van der Waals surface area contributed by atoms with Gasteiger partial charge in [-0.05, 0) is 56.1 Å². The number of hydrogen-bond acceptors (Lipinski definition) is 2. The number of rotatable bonds is 2. The van der Waals surface area contributed by atoms with Crippen molar-refractivity contribution in [1.82, 2.24) is 0 Å². The molecule has 0 aliphatic heterocycles. The number of benzene rings is 2. The van der Waals surface area contributed by atoms with Crippen molar-refractivity contribution in [3.8, 4) is 6.07 Å². The molecule has 1 N–H and O–H groups in total. The van der Waals surface area contributed by atoms with Crippen molar-refractivity contribution in [2.24, 2.45) is 0 Å². The van der Waals surface area contributed by atoms with Crippen LogP contribution in [0.5, 0.6) is 0 Å².